The quantitative estimate of drug-likeness (QED) is 0.566. The lowest BCUT2D eigenvalue weighted by Crippen LogP contribution is -2.66. The molecule has 3 rings (SSSR count). The van der Waals surface area contributed by atoms with Crippen LogP contribution >= 0.6 is 0 Å². The summed E-state index contributed by atoms with van der Waals surface area (Å²) in [7, 11) is 0. The Bertz CT molecular complexity index is 824. The predicted octanol–water partition coefficient (Wildman–Crippen LogP) is 2.15. The monoisotopic (exact) mass is 351 g/mol. The summed E-state index contributed by atoms with van der Waals surface area (Å²) in [4.78, 5) is 30.0. The molecule has 2 heterocycles. The van der Waals surface area contributed by atoms with Crippen LogP contribution in [0.4, 0.5) is 10.6 Å². The third-order valence-corrected chi connectivity index (χ3v) is 4.60. The lowest BCUT2D eigenvalue weighted by molar-refractivity contribution is -0.145. The number of nitrogen functional groups attached to an aromatic ring is 1. The molecule has 0 radical (unpaired) electrons. The maximum atomic E-state index is 12.5. The molecule has 3 amide bonds. The van der Waals surface area contributed by atoms with Crippen molar-refractivity contribution in [1.82, 2.24) is 15.2 Å². The number of nitrogens with one attached hydrogen (secondary N) is 2. The van der Waals surface area contributed by atoms with E-state index in [4.69, 9.17) is 11.1 Å². The van der Waals surface area contributed by atoms with Crippen LogP contribution in [0.15, 0.2) is 48.7 Å². The third-order valence-electron chi connectivity index (χ3n) is 4.60. The van der Waals surface area contributed by atoms with Crippen LogP contribution in [0.2, 0.25) is 0 Å². The van der Waals surface area contributed by atoms with E-state index in [1.54, 1.807) is 18.3 Å². The Kier molecular flexibility index (Phi) is 4.97. The third kappa shape index (κ3) is 3.42. The summed E-state index contributed by atoms with van der Waals surface area (Å²) < 4.78 is 0. The number of β-lactam (4-membered cyclic amide) rings is 1. The van der Waals surface area contributed by atoms with E-state index in [1.165, 1.54) is 0 Å². The standard InChI is InChI=1S/C19H21N5O2/c1-12(14-5-3-2-4-6-14)23-19(26)24-16(11-20)15(18(24)25)9-13-7-8-22-17(21)10-13/h2-8,10-12,15-16,20H,9H2,1H3,(H2,21,22)(H,23,26)/t12-,15?,16-/m1/s1. The van der Waals surface area contributed by atoms with Crippen LogP contribution < -0.4 is 11.1 Å². The van der Waals surface area contributed by atoms with Gasteiger partial charge in [0.05, 0.1) is 18.0 Å². The zero-order chi connectivity index (χ0) is 18.7. The summed E-state index contributed by atoms with van der Waals surface area (Å²) in [5.74, 6) is -0.342. The van der Waals surface area contributed by atoms with E-state index in [0.29, 0.717) is 12.2 Å². The number of imide groups is 1. The summed E-state index contributed by atoms with van der Waals surface area (Å²) in [6, 6.07) is 11.7. The number of aromatic nitrogens is 1. The van der Waals surface area contributed by atoms with E-state index >= 15 is 0 Å². The number of amides is 3. The Balaban J connectivity index is 1.66. The van der Waals surface area contributed by atoms with E-state index in [9.17, 15) is 9.59 Å². The van der Waals surface area contributed by atoms with Crippen molar-refractivity contribution in [2.75, 3.05) is 5.73 Å². The molecule has 1 aromatic carbocycles. The maximum Gasteiger partial charge on any atom is 0.325 e. The molecule has 26 heavy (non-hydrogen) atoms. The van der Waals surface area contributed by atoms with Crippen LogP contribution in [0, 0.1) is 11.3 Å². The molecule has 0 aliphatic carbocycles. The average molecular weight is 351 g/mol. The van der Waals surface area contributed by atoms with Crippen molar-refractivity contribution < 1.29 is 9.59 Å². The molecule has 2 aromatic rings. The molecule has 7 heteroatoms. The fourth-order valence-corrected chi connectivity index (χ4v) is 3.16. The molecule has 7 nitrogen and oxygen atoms in total. The number of nitrogens with two attached hydrogens (primary N) is 1. The fraction of sp³-hybridized carbons (Fsp3) is 0.263. The first-order chi connectivity index (χ1) is 12.5. The number of hydrogen-bond donors (Lipinski definition) is 3. The van der Waals surface area contributed by atoms with Gasteiger partial charge in [0.25, 0.3) is 0 Å². The van der Waals surface area contributed by atoms with Gasteiger partial charge in [-0.05, 0) is 36.6 Å². The summed E-state index contributed by atoms with van der Waals surface area (Å²) in [6.07, 6.45) is 3.15. The molecule has 1 fully saturated rings. The van der Waals surface area contributed by atoms with E-state index in [0.717, 1.165) is 22.2 Å². The minimum Gasteiger partial charge on any atom is -0.384 e. The summed E-state index contributed by atoms with van der Waals surface area (Å²) >= 11 is 0. The van der Waals surface area contributed by atoms with Gasteiger partial charge >= 0.3 is 6.03 Å². The number of carbonyl (C=O) groups excluding carboxylic acids is 2. The molecule has 0 bridgehead atoms. The van der Waals surface area contributed by atoms with Gasteiger partial charge in [-0.25, -0.2) is 9.78 Å². The molecule has 4 N–H and O–H groups in total. The number of likely N-dealkylation sites (tertiary alicyclic amines) is 1. The number of pyridine rings is 1. The topological polar surface area (TPSA) is 112 Å². The number of rotatable bonds is 5. The normalized spacial score (nSPS) is 20.2. The largest absolute Gasteiger partial charge is 0.384 e. The first kappa shape index (κ1) is 17.6. The first-order valence-electron chi connectivity index (χ1n) is 8.40. The Morgan fingerprint density at radius 2 is 2.12 bits per heavy atom. The molecule has 3 atom stereocenters. The Labute approximate surface area is 151 Å². The molecule has 1 aliphatic rings. The van der Waals surface area contributed by atoms with Crippen molar-refractivity contribution in [2.45, 2.75) is 25.4 Å². The molecule has 1 aliphatic heterocycles. The second-order valence-electron chi connectivity index (χ2n) is 6.35. The van der Waals surface area contributed by atoms with Gasteiger partial charge < -0.3 is 16.5 Å². The highest BCUT2D eigenvalue weighted by atomic mass is 16.2. The molecule has 1 unspecified atom stereocenters. The molecule has 1 saturated heterocycles. The van der Waals surface area contributed by atoms with Gasteiger partial charge in [-0.2, -0.15) is 0 Å². The second-order valence-corrected chi connectivity index (χ2v) is 6.35. The second kappa shape index (κ2) is 7.35. The Morgan fingerprint density at radius 3 is 2.77 bits per heavy atom. The smallest absolute Gasteiger partial charge is 0.325 e. The van der Waals surface area contributed by atoms with Gasteiger partial charge in [0.2, 0.25) is 5.91 Å². The van der Waals surface area contributed by atoms with Crippen LogP contribution in [-0.2, 0) is 11.2 Å². The zero-order valence-corrected chi connectivity index (χ0v) is 14.4. The van der Waals surface area contributed by atoms with Gasteiger partial charge in [0, 0.05) is 12.4 Å². The van der Waals surface area contributed by atoms with Crippen LogP contribution in [0.5, 0.6) is 0 Å². The van der Waals surface area contributed by atoms with Crippen molar-refractivity contribution >= 4 is 24.0 Å². The highest BCUT2D eigenvalue weighted by Crippen LogP contribution is 2.29. The lowest BCUT2D eigenvalue weighted by atomic mass is 9.83. The minimum atomic E-state index is -0.556. The number of urea groups is 1. The SMILES string of the molecule is C[C@@H](NC(=O)N1C(=O)C(Cc2ccnc(N)c2)[C@H]1C=N)c1ccccc1. The van der Waals surface area contributed by atoms with Crippen molar-refractivity contribution in [3.8, 4) is 0 Å². The number of hydrogen-bond acceptors (Lipinski definition) is 5. The summed E-state index contributed by atoms with van der Waals surface area (Å²) in [5.41, 5.74) is 7.48. The van der Waals surface area contributed by atoms with Crippen molar-refractivity contribution in [3.63, 3.8) is 0 Å². The van der Waals surface area contributed by atoms with Crippen molar-refractivity contribution in [2.24, 2.45) is 5.92 Å². The molecular weight excluding hydrogens is 330 g/mol. The number of benzene rings is 1. The fourth-order valence-electron chi connectivity index (χ4n) is 3.16. The van der Waals surface area contributed by atoms with E-state index in [-0.39, 0.29) is 11.9 Å². The van der Waals surface area contributed by atoms with Crippen molar-refractivity contribution in [1.29, 1.82) is 5.41 Å². The highest BCUT2D eigenvalue weighted by Gasteiger charge is 2.49. The van der Waals surface area contributed by atoms with Crippen LogP contribution in [-0.4, -0.2) is 34.1 Å². The molecule has 1 aromatic heterocycles. The minimum absolute atomic E-state index is 0.234. The van der Waals surface area contributed by atoms with Crippen LogP contribution in [0.1, 0.15) is 24.1 Å². The molecule has 134 valence electrons. The predicted molar refractivity (Wildman–Crippen MR) is 98.6 cm³/mol. The highest BCUT2D eigenvalue weighted by molar-refractivity contribution is 6.06. The zero-order valence-electron chi connectivity index (χ0n) is 14.4. The van der Waals surface area contributed by atoms with Crippen LogP contribution in [0.3, 0.4) is 0 Å². The van der Waals surface area contributed by atoms with Gasteiger partial charge in [-0.3, -0.25) is 9.69 Å². The van der Waals surface area contributed by atoms with Gasteiger partial charge in [0.1, 0.15) is 5.82 Å². The van der Waals surface area contributed by atoms with E-state index < -0.39 is 18.0 Å². The average Bonchev–Trinajstić information content (AvgIpc) is 2.64. The van der Waals surface area contributed by atoms with Gasteiger partial charge in [-0.1, -0.05) is 30.3 Å². The Morgan fingerprint density at radius 1 is 1.38 bits per heavy atom. The summed E-state index contributed by atoms with van der Waals surface area (Å²) in [6.45, 7) is 1.86. The molecular formula is C19H21N5O2. The van der Waals surface area contributed by atoms with E-state index in [2.05, 4.69) is 10.3 Å². The summed E-state index contributed by atoms with van der Waals surface area (Å²) in [5, 5.41) is 10.4. The number of anilines is 1. The van der Waals surface area contributed by atoms with Crippen LogP contribution in [0.25, 0.3) is 0 Å². The first-order valence-corrected chi connectivity index (χ1v) is 8.40. The lowest BCUT2D eigenvalue weighted by Gasteiger charge is -2.43. The molecule has 0 spiro atoms. The maximum absolute atomic E-state index is 12.5. The van der Waals surface area contributed by atoms with Crippen molar-refractivity contribution in [3.05, 3.63) is 59.8 Å². The van der Waals surface area contributed by atoms with Gasteiger partial charge in [-0.15, -0.1) is 0 Å². The van der Waals surface area contributed by atoms with E-state index in [1.807, 2.05) is 37.3 Å². The Hall–Kier alpha value is -3.22. The number of carbonyl (C=O) groups is 2. The number of nitrogens with zero attached hydrogens (tertiary/aromatic N) is 2. The molecule has 0 saturated carbocycles. The van der Waals surface area contributed by atoms with Gasteiger partial charge in [0.15, 0.2) is 0 Å².